The summed E-state index contributed by atoms with van der Waals surface area (Å²) in [6.45, 7) is 4.98. The summed E-state index contributed by atoms with van der Waals surface area (Å²) in [7, 11) is 0. The molecular formula is C12H20F3N5. The Morgan fingerprint density at radius 3 is 2.70 bits per heavy atom. The maximum atomic E-state index is 12.7. The third-order valence-corrected chi connectivity index (χ3v) is 3.56. The number of halogens is 3. The van der Waals surface area contributed by atoms with Gasteiger partial charge in [0.25, 0.3) is 0 Å². The molecule has 114 valence electrons. The van der Waals surface area contributed by atoms with E-state index in [1.807, 2.05) is 0 Å². The van der Waals surface area contributed by atoms with E-state index in [2.05, 4.69) is 22.0 Å². The fraction of sp³-hybridized carbons (Fsp3) is 0.833. The highest BCUT2D eigenvalue weighted by Crippen LogP contribution is 2.29. The first-order chi connectivity index (χ1) is 9.41. The van der Waals surface area contributed by atoms with Crippen LogP contribution in [-0.2, 0) is 19.3 Å². The van der Waals surface area contributed by atoms with E-state index in [-0.39, 0.29) is 0 Å². The second-order valence-electron chi connectivity index (χ2n) is 5.36. The molecular weight excluding hydrogens is 271 g/mol. The van der Waals surface area contributed by atoms with Gasteiger partial charge in [-0.05, 0) is 25.3 Å². The second-order valence-corrected chi connectivity index (χ2v) is 5.36. The molecule has 1 aliphatic heterocycles. The highest BCUT2D eigenvalue weighted by atomic mass is 19.4. The molecule has 2 rings (SSSR count). The molecule has 0 spiro atoms. The Morgan fingerprint density at radius 1 is 1.30 bits per heavy atom. The van der Waals surface area contributed by atoms with Gasteiger partial charge in [0.1, 0.15) is 5.82 Å². The van der Waals surface area contributed by atoms with Crippen molar-refractivity contribution in [3.63, 3.8) is 0 Å². The van der Waals surface area contributed by atoms with Gasteiger partial charge in [-0.25, -0.2) is 0 Å². The van der Waals surface area contributed by atoms with Crippen molar-refractivity contribution in [2.75, 3.05) is 19.6 Å². The fourth-order valence-corrected chi connectivity index (χ4v) is 2.57. The highest BCUT2D eigenvalue weighted by molar-refractivity contribution is 5.02. The molecule has 1 aromatic rings. The summed E-state index contributed by atoms with van der Waals surface area (Å²) >= 11 is 0. The van der Waals surface area contributed by atoms with Crippen molar-refractivity contribution < 1.29 is 13.2 Å². The molecule has 0 fully saturated rings. The summed E-state index contributed by atoms with van der Waals surface area (Å²) in [5, 5.41) is 6.95. The van der Waals surface area contributed by atoms with E-state index in [1.165, 1.54) is 4.57 Å². The summed E-state index contributed by atoms with van der Waals surface area (Å²) < 4.78 is 39.3. The molecule has 8 heteroatoms. The molecule has 0 bridgehead atoms. The van der Waals surface area contributed by atoms with Gasteiger partial charge in [0, 0.05) is 19.6 Å². The summed E-state index contributed by atoms with van der Waals surface area (Å²) in [6.07, 6.45) is -2.42. The third-order valence-electron chi connectivity index (χ3n) is 3.56. The lowest BCUT2D eigenvalue weighted by atomic mass is 10.0. The number of alkyl halides is 3. The average Bonchev–Trinajstić information content (AvgIpc) is 2.79. The van der Waals surface area contributed by atoms with Crippen LogP contribution < -0.4 is 5.73 Å². The first kappa shape index (κ1) is 15.2. The Balaban J connectivity index is 1.97. The van der Waals surface area contributed by atoms with Gasteiger partial charge in [-0.2, -0.15) is 13.2 Å². The van der Waals surface area contributed by atoms with E-state index in [4.69, 9.17) is 5.73 Å². The van der Waals surface area contributed by atoms with Crippen molar-refractivity contribution in [3.05, 3.63) is 11.6 Å². The van der Waals surface area contributed by atoms with Crippen LogP contribution in [0.2, 0.25) is 0 Å². The smallest absolute Gasteiger partial charge is 0.330 e. The molecule has 2 N–H and O–H groups in total. The maximum Gasteiger partial charge on any atom is 0.451 e. The van der Waals surface area contributed by atoms with Gasteiger partial charge in [0.15, 0.2) is 0 Å². The van der Waals surface area contributed by atoms with Crippen LogP contribution >= 0.6 is 0 Å². The normalized spacial score (nSPS) is 18.1. The first-order valence-corrected chi connectivity index (χ1v) is 6.83. The lowest BCUT2D eigenvalue weighted by Crippen LogP contribution is -2.37. The van der Waals surface area contributed by atoms with Gasteiger partial charge in [-0.3, -0.25) is 4.90 Å². The zero-order valence-electron chi connectivity index (χ0n) is 11.5. The fourth-order valence-electron chi connectivity index (χ4n) is 2.57. The number of hydrogen-bond donors (Lipinski definition) is 1. The summed E-state index contributed by atoms with van der Waals surface area (Å²) in [6, 6.07) is 0. The average molecular weight is 291 g/mol. The number of hydrogen-bond acceptors (Lipinski definition) is 4. The Morgan fingerprint density at radius 2 is 2.05 bits per heavy atom. The molecule has 1 atom stereocenters. The standard InChI is InChI=1S/C12H20F3N5/c1-9(3-2-4-16)7-19-5-6-20-10(8-19)17-18-11(20)12(13,14)15/h9H,2-8,16H2,1H3. The van der Waals surface area contributed by atoms with Crippen LogP contribution in [-0.4, -0.2) is 39.3 Å². The SMILES string of the molecule is CC(CCCN)CN1CCn2c(nnc2C(F)(F)F)C1. The minimum absolute atomic E-state index is 0.292. The van der Waals surface area contributed by atoms with Crippen molar-refractivity contribution in [1.82, 2.24) is 19.7 Å². The minimum Gasteiger partial charge on any atom is -0.330 e. The van der Waals surface area contributed by atoms with Crippen LogP contribution in [0.5, 0.6) is 0 Å². The lowest BCUT2D eigenvalue weighted by Gasteiger charge is -2.30. The monoisotopic (exact) mass is 291 g/mol. The Labute approximate surface area is 115 Å². The van der Waals surface area contributed by atoms with Crippen LogP contribution in [0.15, 0.2) is 0 Å². The van der Waals surface area contributed by atoms with Gasteiger partial charge in [0.05, 0.1) is 6.54 Å². The molecule has 1 aliphatic rings. The van der Waals surface area contributed by atoms with E-state index in [0.29, 0.717) is 37.9 Å². The quantitative estimate of drug-likeness (QED) is 0.893. The molecule has 0 aliphatic carbocycles. The molecule has 0 saturated heterocycles. The van der Waals surface area contributed by atoms with Crippen LogP contribution in [0.3, 0.4) is 0 Å². The van der Waals surface area contributed by atoms with Crippen LogP contribution in [0.1, 0.15) is 31.4 Å². The predicted octanol–water partition coefficient (Wildman–Crippen LogP) is 1.49. The molecule has 0 amide bonds. The van der Waals surface area contributed by atoms with E-state index in [9.17, 15) is 13.2 Å². The summed E-state index contributed by atoms with van der Waals surface area (Å²) in [5.74, 6) is -0.00645. The first-order valence-electron chi connectivity index (χ1n) is 6.83. The van der Waals surface area contributed by atoms with E-state index >= 15 is 0 Å². The minimum atomic E-state index is -4.43. The summed E-state index contributed by atoms with van der Waals surface area (Å²) in [5.41, 5.74) is 5.47. The maximum absolute atomic E-state index is 12.7. The highest BCUT2D eigenvalue weighted by Gasteiger charge is 2.39. The van der Waals surface area contributed by atoms with Crippen molar-refractivity contribution in [3.8, 4) is 0 Å². The zero-order valence-corrected chi connectivity index (χ0v) is 11.5. The van der Waals surface area contributed by atoms with E-state index in [0.717, 1.165) is 19.4 Å². The third kappa shape index (κ3) is 3.49. The number of rotatable bonds is 5. The summed E-state index contributed by atoms with van der Waals surface area (Å²) in [4.78, 5) is 2.13. The van der Waals surface area contributed by atoms with Gasteiger partial charge >= 0.3 is 6.18 Å². The number of fused-ring (bicyclic) bond motifs is 1. The molecule has 0 aromatic carbocycles. The van der Waals surface area contributed by atoms with Gasteiger partial charge < -0.3 is 10.3 Å². The molecule has 1 aromatic heterocycles. The van der Waals surface area contributed by atoms with Crippen molar-refractivity contribution >= 4 is 0 Å². The molecule has 1 unspecified atom stereocenters. The number of aromatic nitrogens is 3. The Bertz CT molecular complexity index is 443. The van der Waals surface area contributed by atoms with E-state index < -0.39 is 12.0 Å². The largest absolute Gasteiger partial charge is 0.451 e. The topological polar surface area (TPSA) is 60.0 Å². The van der Waals surface area contributed by atoms with Crippen LogP contribution in [0.4, 0.5) is 13.2 Å². The molecule has 5 nitrogen and oxygen atoms in total. The van der Waals surface area contributed by atoms with Gasteiger partial charge in [0.2, 0.25) is 5.82 Å². The van der Waals surface area contributed by atoms with Crippen molar-refractivity contribution in [2.24, 2.45) is 11.7 Å². The molecule has 0 saturated carbocycles. The Kier molecular flexibility index (Phi) is 4.64. The molecule has 2 heterocycles. The van der Waals surface area contributed by atoms with Gasteiger partial charge in [-0.1, -0.05) is 6.92 Å². The van der Waals surface area contributed by atoms with Crippen molar-refractivity contribution in [2.45, 2.75) is 39.0 Å². The molecule has 0 radical (unpaired) electrons. The lowest BCUT2D eigenvalue weighted by molar-refractivity contribution is -0.148. The number of nitrogens with zero attached hydrogens (tertiary/aromatic N) is 4. The number of nitrogens with two attached hydrogens (primary N) is 1. The van der Waals surface area contributed by atoms with Crippen molar-refractivity contribution in [1.29, 1.82) is 0 Å². The van der Waals surface area contributed by atoms with E-state index in [1.54, 1.807) is 0 Å². The molecule has 20 heavy (non-hydrogen) atoms. The second kappa shape index (κ2) is 6.09. The predicted molar refractivity (Wildman–Crippen MR) is 67.8 cm³/mol. The van der Waals surface area contributed by atoms with Gasteiger partial charge in [-0.15, -0.1) is 10.2 Å². The Hall–Kier alpha value is -1.15. The van der Waals surface area contributed by atoms with Crippen LogP contribution in [0.25, 0.3) is 0 Å². The van der Waals surface area contributed by atoms with Crippen LogP contribution in [0, 0.1) is 5.92 Å². The zero-order chi connectivity index (χ0) is 14.8.